The second-order valence-corrected chi connectivity index (χ2v) is 7.54. The van der Waals surface area contributed by atoms with Gasteiger partial charge in [0.2, 0.25) is 0 Å². The zero-order chi connectivity index (χ0) is 17.3. The smallest absolute Gasteiger partial charge is 0.254 e. The molecule has 0 spiro atoms. The van der Waals surface area contributed by atoms with Crippen molar-refractivity contribution in [2.45, 2.75) is 26.2 Å². The number of nitrogens with zero attached hydrogens (tertiary/aromatic N) is 4. The second-order valence-electron chi connectivity index (χ2n) is 7.54. The minimum Gasteiger partial charge on any atom is -0.336 e. The molecule has 5 nitrogen and oxygen atoms in total. The maximum absolute atomic E-state index is 12.7. The summed E-state index contributed by atoms with van der Waals surface area (Å²) in [7, 11) is 2.09. The van der Waals surface area contributed by atoms with Crippen LogP contribution in [0.4, 0.5) is 0 Å². The Kier molecular flexibility index (Phi) is 4.45. The molecule has 1 aromatic carbocycles. The molecule has 0 aliphatic carbocycles. The molecule has 1 fully saturated rings. The molecule has 2 heterocycles. The highest BCUT2D eigenvalue weighted by atomic mass is 16.2. The fourth-order valence-electron chi connectivity index (χ4n) is 2.84. The van der Waals surface area contributed by atoms with E-state index in [0.29, 0.717) is 0 Å². The van der Waals surface area contributed by atoms with Crippen LogP contribution in [0, 0.1) is 0 Å². The van der Waals surface area contributed by atoms with Crippen LogP contribution in [0.25, 0.3) is 5.69 Å². The highest BCUT2D eigenvalue weighted by Gasteiger charge is 2.21. The Morgan fingerprint density at radius 2 is 1.79 bits per heavy atom. The lowest BCUT2D eigenvalue weighted by Gasteiger charge is -2.32. The lowest BCUT2D eigenvalue weighted by Crippen LogP contribution is -2.47. The predicted molar refractivity (Wildman–Crippen MR) is 95.7 cm³/mol. The van der Waals surface area contributed by atoms with Crippen molar-refractivity contribution in [3.63, 3.8) is 0 Å². The number of amides is 1. The first-order chi connectivity index (χ1) is 11.3. The number of aromatic nitrogens is 2. The van der Waals surface area contributed by atoms with E-state index in [4.69, 9.17) is 0 Å². The molecule has 0 unspecified atom stereocenters. The van der Waals surface area contributed by atoms with Gasteiger partial charge < -0.3 is 9.80 Å². The highest BCUT2D eigenvalue weighted by Crippen LogP contribution is 2.21. The molecule has 1 aromatic heterocycles. The van der Waals surface area contributed by atoms with Crippen molar-refractivity contribution in [2.24, 2.45) is 0 Å². The molecular weight excluding hydrogens is 300 g/mol. The number of hydrogen-bond donors (Lipinski definition) is 0. The molecule has 1 aliphatic heterocycles. The van der Waals surface area contributed by atoms with E-state index in [-0.39, 0.29) is 11.3 Å². The molecule has 3 rings (SSSR count). The molecule has 1 saturated heterocycles. The number of carbonyl (C=O) groups excluding carboxylic acids is 1. The topological polar surface area (TPSA) is 41.4 Å². The van der Waals surface area contributed by atoms with Gasteiger partial charge in [0, 0.05) is 43.4 Å². The lowest BCUT2D eigenvalue weighted by atomic mass is 9.93. The van der Waals surface area contributed by atoms with Crippen LogP contribution >= 0.6 is 0 Å². The van der Waals surface area contributed by atoms with Crippen LogP contribution in [0.15, 0.2) is 36.5 Å². The third kappa shape index (κ3) is 3.51. The van der Waals surface area contributed by atoms with Gasteiger partial charge in [-0.1, -0.05) is 26.8 Å². The summed E-state index contributed by atoms with van der Waals surface area (Å²) in [6, 6.07) is 9.77. The maximum Gasteiger partial charge on any atom is 0.254 e. The Labute approximate surface area is 143 Å². The van der Waals surface area contributed by atoms with Crippen molar-refractivity contribution in [1.29, 1.82) is 0 Å². The van der Waals surface area contributed by atoms with Crippen LogP contribution in [-0.2, 0) is 5.41 Å². The molecule has 2 aromatic rings. The monoisotopic (exact) mass is 326 g/mol. The van der Waals surface area contributed by atoms with Gasteiger partial charge in [-0.25, -0.2) is 4.68 Å². The molecule has 128 valence electrons. The number of piperazine rings is 1. The molecule has 1 aliphatic rings. The summed E-state index contributed by atoms with van der Waals surface area (Å²) in [5.74, 6) is 0.105. The first-order valence-electron chi connectivity index (χ1n) is 8.49. The van der Waals surface area contributed by atoms with E-state index in [0.717, 1.165) is 43.1 Å². The third-order valence-corrected chi connectivity index (χ3v) is 4.51. The van der Waals surface area contributed by atoms with E-state index >= 15 is 0 Å². The zero-order valence-corrected chi connectivity index (χ0v) is 15.0. The molecular formula is C19H26N4O. The van der Waals surface area contributed by atoms with Gasteiger partial charge in [-0.3, -0.25) is 4.79 Å². The lowest BCUT2D eigenvalue weighted by molar-refractivity contribution is 0.0664. The fraction of sp³-hybridized carbons (Fsp3) is 0.474. The van der Waals surface area contributed by atoms with Crippen LogP contribution in [0.3, 0.4) is 0 Å². The predicted octanol–water partition coefficient (Wildman–Crippen LogP) is 2.56. The van der Waals surface area contributed by atoms with Crippen molar-refractivity contribution < 1.29 is 4.79 Å². The van der Waals surface area contributed by atoms with Gasteiger partial charge in [0.05, 0.1) is 11.4 Å². The average molecular weight is 326 g/mol. The standard InChI is InChI=1S/C19H26N4O/c1-19(2,3)17-8-9-23(20-17)16-7-5-6-15(14-16)18(24)22-12-10-21(4)11-13-22/h5-9,14H,10-13H2,1-4H3. The Morgan fingerprint density at radius 1 is 1.08 bits per heavy atom. The van der Waals surface area contributed by atoms with Crippen LogP contribution in [0.2, 0.25) is 0 Å². The molecule has 0 N–H and O–H groups in total. The first-order valence-corrected chi connectivity index (χ1v) is 8.49. The molecule has 5 heteroatoms. The molecule has 1 amide bonds. The fourth-order valence-corrected chi connectivity index (χ4v) is 2.84. The number of hydrogen-bond acceptors (Lipinski definition) is 3. The van der Waals surface area contributed by atoms with Crippen molar-refractivity contribution in [3.05, 3.63) is 47.8 Å². The van der Waals surface area contributed by atoms with E-state index in [1.807, 2.05) is 46.1 Å². The molecule has 0 atom stereocenters. The first kappa shape index (κ1) is 16.7. The van der Waals surface area contributed by atoms with E-state index in [9.17, 15) is 4.79 Å². The minimum atomic E-state index is 0.0124. The maximum atomic E-state index is 12.7. The highest BCUT2D eigenvalue weighted by molar-refractivity contribution is 5.94. The van der Waals surface area contributed by atoms with Gasteiger partial charge in [0.1, 0.15) is 0 Å². The molecule has 24 heavy (non-hydrogen) atoms. The summed E-state index contributed by atoms with van der Waals surface area (Å²) >= 11 is 0. The Bertz CT molecular complexity index is 721. The van der Waals surface area contributed by atoms with Crippen LogP contribution in [-0.4, -0.2) is 58.7 Å². The molecule has 0 saturated carbocycles. The summed E-state index contributed by atoms with van der Waals surface area (Å²) in [6.45, 7) is 9.87. The second kappa shape index (κ2) is 6.40. The van der Waals surface area contributed by atoms with E-state index in [1.165, 1.54) is 0 Å². The van der Waals surface area contributed by atoms with Gasteiger partial charge in [-0.15, -0.1) is 0 Å². The van der Waals surface area contributed by atoms with Crippen LogP contribution in [0.1, 0.15) is 36.8 Å². The summed E-state index contributed by atoms with van der Waals surface area (Å²) in [6.07, 6.45) is 1.96. The third-order valence-electron chi connectivity index (χ3n) is 4.51. The largest absolute Gasteiger partial charge is 0.336 e. The summed E-state index contributed by atoms with van der Waals surface area (Å²) in [5, 5.41) is 4.66. The van der Waals surface area contributed by atoms with Crippen LogP contribution in [0.5, 0.6) is 0 Å². The molecule has 0 bridgehead atoms. The Morgan fingerprint density at radius 3 is 2.42 bits per heavy atom. The van der Waals surface area contributed by atoms with Crippen molar-refractivity contribution in [1.82, 2.24) is 19.6 Å². The summed E-state index contributed by atoms with van der Waals surface area (Å²) < 4.78 is 1.85. The van der Waals surface area contributed by atoms with Gasteiger partial charge >= 0.3 is 0 Å². The Hall–Kier alpha value is -2.14. The number of rotatable bonds is 2. The number of benzene rings is 1. The van der Waals surface area contributed by atoms with Gasteiger partial charge in [-0.2, -0.15) is 5.10 Å². The van der Waals surface area contributed by atoms with E-state index in [2.05, 4.69) is 37.8 Å². The normalized spacial score (nSPS) is 16.4. The van der Waals surface area contributed by atoms with E-state index in [1.54, 1.807) is 0 Å². The van der Waals surface area contributed by atoms with Crippen molar-refractivity contribution >= 4 is 5.91 Å². The summed E-state index contributed by atoms with van der Waals surface area (Å²) in [5.41, 5.74) is 2.70. The van der Waals surface area contributed by atoms with Gasteiger partial charge in [0.25, 0.3) is 5.91 Å². The molecule has 0 radical (unpaired) electrons. The van der Waals surface area contributed by atoms with Gasteiger partial charge in [0.15, 0.2) is 0 Å². The van der Waals surface area contributed by atoms with Crippen molar-refractivity contribution in [2.75, 3.05) is 33.2 Å². The number of carbonyl (C=O) groups is 1. The van der Waals surface area contributed by atoms with Gasteiger partial charge in [-0.05, 0) is 31.3 Å². The quantitative estimate of drug-likeness (QED) is 0.852. The minimum absolute atomic E-state index is 0.0124. The SMILES string of the molecule is CN1CCN(C(=O)c2cccc(-n3ccc(C(C)(C)C)n3)c2)CC1. The zero-order valence-electron chi connectivity index (χ0n) is 15.0. The van der Waals surface area contributed by atoms with Crippen molar-refractivity contribution in [3.8, 4) is 5.69 Å². The van der Waals surface area contributed by atoms with Crippen LogP contribution < -0.4 is 0 Å². The summed E-state index contributed by atoms with van der Waals surface area (Å²) in [4.78, 5) is 16.9. The van der Waals surface area contributed by atoms with E-state index < -0.39 is 0 Å². The number of likely N-dealkylation sites (N-methyl/N-ethyl adjacent to an activating group) is 1. The average Bonchev–Trinajstić information content (AvgIpc) is 3.05. The Balaban J connectivity index is 1.81.